The highest BCUT2D eigenvalue weighted by atomic mass is 32.2. The molecule has 0 radical (unpaired) electrons. The third-order valence-electron chi connectivity index (χ3n) is 2.56. The molecule has 0 aliphatic heterocycles. The van der Waals surface area contributed by atoms with E-state index >= 15 is 0 Å². The number of benzene rings is 1. The first-order valence-electron chi connectivity index (χ1n) is 6.67. The van der Waals surface area contributed by atoms with E-state index in [1.807, 2.05) is 38.1 Å². The number of rotatable bonds is 8. The Kier molecular flexibility index (Phi) is 7.47. The Morgan fingerprint density at radius 2 is 1.95 bits per heavy atom. The maximum Gasteiger partial charge on any atom is 0.307 e. The monoisotopic (exact) mass is 297 g/mol. The Morgan fingerprint density at radius 3 is 2.50 bits per heavy atom. The van der Waals surface area contributed by atoms with Gasteiger partial charge in [-0.2, -0.15) is 11.8 Å². The van der Waals surface area contributed by atoms with Gasteiger partial charge in [0.1, 0.15) is 5.75 Å². The zero-order valence-corrected chi connectivity index (χ0v) is 13.1. The van der Waals surface area contributed by atoms with Gasteiger partial charge in [0.25, 0.3) is 0 Å². The zero-order chi connectivity index (χ0) is 15.0. The van der Waals surface area contributed by atoms with Crippen LogP contribution in [0, 0.1) is 0 Å². The van der Waals surface area contributed by atoms with Gasteiger partial charge in [-0.3, -0.25) is 4.79 Å². The normalized spacial score (nSPS) is 12.2. The van der Waals surface area contributed by atoms with Gasteiger partial charge in [-0.05, 0) is 31.5 Å². The minimum absolute atomic E-state index is 0.0818. The van der Waals surface area contributed by atoms with Gasteiger partial charge >= 0.3 is 5.97 Å². The highest BCUT2D eigenvalue weighted by molar-refractivity contribution is 7.98. The van der Waals surface area contributed by atoms with Gasteiger partial charge in [0.2, 0.25) is 0 Å². The molecule has 5 heteroatoms. The molecule has 1 aromatic carbocycles. The quantitative estimate of drug-likeness (QED) is 0.747. The second-order valence-corrected chi connectivity index (χ2v) is 5.90. The van der Waals surface area contributed by atoms with Crippen LogP contribution in [0.1, 0.15) is 25.8 Å². The second kappa shape index (κ2) is 8.87. The highest BCUT2D eigenvalue weighted by Gasteiger charge is 2.12. The molecule has 1 rings (SSSR count). The van der Waals surface area contributed by atoms with Crippen LogP contribution in [0.5, 0.6) is 5.75 Å². The van der Waals surface area contributed by atoms with E-state index in [1.165, 1.54) is 5.56 Å². The first-order chi connectivity index (χ1) is 9.51. The Morgan fingerprint density at radius 1 is 1.30 bits per heavy atom. The summed E-state index contributed by atoms with van der Waals surface area (Å²) in [5.74, 6) is 2.24. The topological polar surface area (TPSA) is 61.5 Å². The van der Waals surface area contributed by atoms with Crippen LogP contribution >= 0.6 is 11.8 Å². The molecule has 1 atom stereocenters. The van der Waals surface area contributed by atoms with Gasteiger partial charge in [-0.1, -0.05) is 12.1 Å². The molecule has 112 valence electrons. The minimum atomic E-state index is -0.224. The maximum absolute atomic E-state index is 11.4. The van der Waals surface area contributed by atoms with Crippen molar-refractivity contribution in [2.45, 2.75) is 38.2 Å². The van der Waals surface area contributed by atoms with E-state index in [9.17, 15) is 4.79 Å². The number of carbonyl (C=O) groups excluding carboxylic acids is 1. The summed E-state index contributed by atoms with van der Waals surface area (Å²) in [6.07, 6.45) is 0.190. The lowest BCUT2D eigenvalue weighted by Gasteiger charge is -2.12. The van der Waals surface area contributed by atoms with Crippen molar-refractivity contribution >= 4 is 17.7 Å². The van der Waals surface area contributed by atoms with Crippen LogP contribution in [0.2, 0.25) is 0 Å². The summed E-state index contributed by atoms with van der Waals surface area (Å²) in [6.45, 7) is 3.67. The number of hydrogen-bond donors (Lipinski definition) is 1. The molecular formula is C15H23NO3S. The third kappa shape index (κ3) is 6.82. The van der Waals surface area contributed by atoms with Crippen LogP contribution in [0.15, 0.2) is 24.3 Å². The molecule has 0 spiro atoms. The molecule has 0 saturated carbocycles. The van der Waals surface area contributed by atoms with Gasteiger partial charge < -0.3 is 15.2 Å². The number of methoxy groups -OCH3 is 1. The van der Waals surface area contributed by atoms with Crippen molar-refractivity contribution in [3.8, 4) is 5.75 Å². The van der Waals surface area contributed by atoms with Crippen molar-refractivity contribution in [1.29, 1.82) is 0 Å². The van der Waals surface area contributed by atoms with Crippen LogP contribution in [0.3, 0.4) is 0 Å². The lowest BCUT2D eigenvalue weighted by atomic mass is 10.2. The van der Waals surface area contributed by atoms with E-state index in [0.29, 0.717) is 0 Å². The second-order valence-electron chi connectivity index (χ2n) is 4.87. The molecule has 0 saturated heterocycles. The van der Waals surface area contributed by atoms with E-state index < -0.39 is 0 Å². The summed E-state index contributed by atoms with van der Waals surface area (Å²) in [5, 5.41) is 0. The van der Waals surface area contributed by atoms with E-state index in [-0.39, 0.29) is 24.5 Å². The third-order valence-corrected chi connectivity index (χ3v) is 3.76. The molecule has 1 aromatic rings. The molecule has 0 aliphatic rings. The van der Waals surface area contributed by atoms with E-state index in [2.05, 4.69) is 0 Å². The predicted octanol–water partition coefficient (Wildman–Crippen LogP) is 2.60. The van der Waals surface area contributed by atoms with E-state index in [1.54, 1.807) is 18.9 Å². The predicted molar refractivity (Wildman–Crippen MR) is 83.0 cm³/mol. The average molecular weight is 297 g/mol. The van der Waals surface area contributed by atoms with Crippen molar-refractivity contribution in [1.82, 2.24) is 0 Å². The molecule has 0 aromatic heterocycles. The van der Waals surface area contributed by atoms with Gasteiger partial charge in [0.05, 0.1) is 19.6 Å². The lowest BCUT2D eigenvalue weighted by molar-refractivity contribution is -0.147. The molecule has 2 N–H and O–H groups in total. The highest BCUT2D eigenvalue weighted by Crippen LogP contribution is 2.17. The fourth-order valence-electron chi connectivity index (χ4n) is 1.63. The number of hydrogen-bond acceptors (Lipinski definition) is 5. The van der Waals surface area contributed by atoms with Crippen molar-refractivity contribution in [2.75, 3.05) is 12.9 Å². The molecule has 0 heterocycles. The Bertz CT molecular complexity index is 406. The summed E-state index contributed by atoms with van der Waals surface area (Å²) >= 11 is 1.72. The summed E-state index contributed by atoms with van der Waals surface area (Å²) in [5.41, 5.74) is 7.13. The van der Waals surface area contributed by atoms with Crippen LogP contribution in [-0.2, 0) is 15.3 Å². The van der Waals surface area contributed by atoms with Crippen LogP contribution < -0.4 is 10.5 Å². The standard InChI is InChI=1S/C15H23NO3S/c1-11(2)19-15(17)8-13(16)10-20-9-12-4-6-14(18-3)7-5-12/h4-7,11,13H,8-10,16H2,1-3H3/t13-/m1/s1. The first kappa shape index (κ1) is 16.9. The van der Waals surface area contributed by atoms with Crippen molar-refractivity contribution < 1.29 is 14.3 Å². The number of nitrogens with two attached hydrogens (primary N) is 1. The van der Waals surface area contributed by atoms with E-state index in [0.717, 1.165) is 17.3 Å². The molecule has 0 unspecified atom stereocenters. The molecular weight excluding hydrogens is 274 g/mol. The molecule has 4 nitrogen and oxygen atoms in total. The first-order valence-corrected chi connectivity index (χ1v) is 7.82. The van der Waals surface area contributed by atoms with E-state index in [4.69, 9.17) is 15.2 Å². The van der Waals surface area contributed by atoms with Crippen molar-refractivity contribution in [3.05, 3.63) is 29.8 Å². The minimum Gasteiger partial charge on any atom is -0.497 e. The van der Waals surface area contributed by atoms with Crippen molar-refractivity contribution in [2.24, 2.45) is 5.73 Å². The van der Waals surface area contributed by atoms with Crippen LogP contribution in [0.25, 0.3) is 0 Å². The summed E-state index contributed by atoms with van der Waals surface area (Å²) in [7, 11) is 1.65. The zero-order valence-electron chi connectivity index (χ0n) is 12.3. The largest absolute Gasteiger partial charge is 0.497 e. The van der Waals surface area contributed by atoms with Gasteiger partial charge in [-0.15, -0.1) is 0 Å². The summed E-state index contributed by atoms with van der Waals surface area (Å²) in [4.78, 5) is 11.4. The van der Waals surface area contributed by atoms with Crippen molar-refractivity contribution in [3.63, 3.8) is 0 Å². The molecule has 20 heavy (non-hydrogen) atoms. The number of thioether (sulfide) groups is 1. The Hall–Kier alpha value is -1.20. The van der Waals surface area contributed by atoms with Crippen LogP contribution in [-0.4, -0.2) is 31.0 Å². The van der Waals surface area contributed by atoms with Gasteiger partial charge in [0, 0.05) is 17.5 Å². The fraction of sp³-hybridized carbons (Fsp3) is 0.533. The smallest absolute Gasteiger partial charge is 0.307 e. The van der Waals surface area contributed by atoms with Gasteiger partial charge in [-0.25, -0.2) is 0 Å². The molecule has 0 bridgehead atoms. The average Bonchev–Trinajstić information content (AvgIpc) is 2.38. The lowest BCUT2D eigenvalue weighted by Crippen LogP contribution is -2.28. The fourth-order valence-corrected chi connectivity index (χ4v) is 2.60. The SMILES string of the molecule is COc1ccc(CSC[C@H](N)CC(=O)OC(C)C)cc1. The Balaban J connectivity index is 2.23. The van der Waals surface area contributed by atoms with Gasteiger partial charge in [0.15, 0.2) is 0 Å². The maximum atomic E-state index is 11.4. The number of esters is 1. The van der Waals surface area contributed by atoms with Crippen LogP contribution in [0.4, 0.5) is 0 Å². The number of carbonyl (C=O) groups is 1. The summed E-state index contributed by atoms with van der Waals surface area (Å²) in [6, 6.07) is 7.78. The molecule has 0 amide bonds. The Labute approximate surface area is 125 Å². The summed E-state index contributed by atoms with van der Waals surface area (Å²) < 4.78 is 10.2. The number of ether oxygens (including phenoxy) is 2. The molecule has 0 fully saturated rings. The molecule has 0 aliphatic carbocycles.